The maximum atomic E-state index is 12.8. The molecule has 2 heteroatoms. The first-order valence-corrected chi connectivity index (χ1v) is 5.89. The van der Waals surface area contributed by atoms with Crippen LogP contribution in [0.4, 0.5) is 4.39 Å². The molecule has 86 valence electrons. The normalized spacial score (nSPS) is 15.6. The third-order valence-electron chi connectivity index (χ3n) is 3.34. The highest BCUT2D eigenvalue weighted by atomic mass is 19.1. The van der Waals surface area contributed by atoms with Crippen LogP contribution in [-0.2, 0) is 0 Å². The van der Waals surface area contributed by atoms with Crippen molar-refractivity contribution < 1.29 is 4.39 Å². The van der Waals surface area contributed by atoms with Gasteiger partial charge >= 0.3 is 0 Å². The first kappa shape index (κ1) is 10.5. The minimum atomic E-state index is -0.189. The summed E-state index contributed by atoms with van der Waals surface area (Å²) in [6.45, 7) is 2.16. The van der Waals surface area contributed by atoms with Crippen LogP contribution in [0.5, 0.6) is 0 Å². The minimum absolute atomic E-state index is 0.189. The lowest BCUT2D eigenvalue weighted by atomic mass is 9.92. The van der Waals surface area contributed by atoms with E-state index in [2.05, 4.69) is 29.6 Å². The Morgan fingerprint density at radius 1 is 0.824 bits per heavy atom. The molecule has 0 unspecified atom stereocenters. The largest absolute Gasteiger partial charge is 0.315 e. The Balaban J connectivity index is 1.86. The SMILES string of the molecule is Fc1ccc(-c2ccc(C3CNC3)cc2)cc1. The Morgan fingerprint density at radius 2 is 1.35 bits per heavy atom. The van der Waals surface area contributed by atoms with E-state index in [-0.39, 0.29) is 5.82 Å². The molecule has 1 heterocycles. The van der Waals surface area contributed by atoms with E-state index in [0.717, 1.165) is 24.2 Å². The second-order valence-corrected chi connectivity index (χ2v) is 4.48. The molecule has 1 aliphatic rings. The second-order valence-electron chi connectivity index (χ2n) is 4.48. The fraction of sp³-hybridized carbons (Fsp3) is 0.200. The number of nitrogens with one attached hydrogen (secondary N) is 1. The van der Waals surface area contributed by atoms with Gasteiger partial charge in [-0.3, -0.25) is 0 Å². The third kappa shape index (κ3) is 2.08. The standard InChI is InChI=1S/C15H14FN/c16-15-7-5-12(6-8-15)11-1-3-13(4-2-11)14-9-17-10-14/h1-8,14,17H,9-10H2. The van der Waals surface area contributed by atoms with Crippen molar-refractivity contribution in [2.75, 3.05) is 13.1 Å². The Labute approximate surface area is 100 Å². The molecule has 3 rings (SSSR count). The highest BCUT2D eigenvalue weighted by Crippen LogP contribution is 2.24. The van der Waals surface area contributed by atoms with Crippen molar-refractivity contribution in [1.29, 1.82) is 0 Å². The third-order valence-corrected chi connectivity index (χ3v) is 3.34. The number of hydrogen-bond donors (Lipinski definition) is 1. The van der Waals surface area contributed by atoms with Crippen LogP contribution < -0.4 is 5.32 Å². The summed E-state index contributed by atoms with van der Waals surface area (Å²) in [4.78, 5) is 0. The van der Waals surface area contributed by atoms with Crippen molar-refractivity contribution >= 4 is 0 Å². The molecule has 1 saturated heterocycles. The second kappa shape index (κ2) is 4.30. The molecule has 0 spiro atoms. The predicted molar refractivity (Wildman–Crippen MR) is 67.4 cm³/mol. The van der Waals surface area contributed by atoms with Crippen LogP contribution in [0.1, 0.15) is 11.5 Å². The monoisotopic (exact) mass is 227 g/mol. The van der Waals surface area contributed by atoms with Crippen molar-refractivity contribution in [3.05, 3.63) is 59.9 Å². The molecule has 0 bridgehead atoms. The van der Waals surface area contributed by atoms with Gasteiger partial charge in [-0.25, -0.2) is 4.39 Å². The van der Waals surface area contributed by atoms with Crippen molar-refractivity contribution in [1.82, 2.24) is 5.32 Å². The summed E-state index contributed by atoms with van der Waals surface area (Å²) in [6, 6.07) is 15.2. The Hall–Kier alpha value is -1.67. The quantitative estimate of drug-likeness (QED) is 0.830. The zero-order chi connectivity index (χ0) is 11.7. The molecule has 0 radical (unpaired) electrons. The van der Waals surface area contributed by atoms with Crippen molar-refractivity contribution in [3.8, 4) is 11.1 Å². The van der Waals surface area contributed by atoms with Crippen LogP contribution >= 0.6 is 0 Å². The maximum absolute atomic E-state index is 12.8. The molecule has 0 saturated carbocycles. The van der Waals surface area contributed by atoms with Crippen molar-refractivity contribution in [3.63, 3.8) is 0 Å². The molecule has 0 aliphatic carbocycles. The highest BCUT2D eigenvalue weighted by Gasteiger charge is 2.18. The molecule has 17 heavy (non-hydrogen) atoms. The molecule has 0 atom stereocenters. The average Bonchev–Trinajstić information content (AvgIpc) is 2.29. The van der Waals surface area contributed by atoms with Crippen LogP contribution in [0.2, 0.25) is 0 Å². The molecule has 0 aromatic heterocycles. The van der Waals surface area contributed by atoms with Gasteiger partial charge in [-0.1, -0.05) is 36.4 Å². The summed E-state index contributed by atoms with van der Waals surface area (Å²) in [6.07, 6.45) is 0. The molecule has 1 aliphatic heterocycles. The minimum Gasteiger partial charge on any atom is -0.315 e. The molecular formula is C15H14FN. The first-order chi connectivity index (χ1) is 8.33. The van der Waals surface area contributed by atoms with E-state index in [1.165, 1.54) is 17.7 Å². The van der Waals surface area contributed by atoms with Gasteiger partial charge in [0.1, 0.15) is 5.82 Å². The van der Waals surface area contributed by atoms with Crippen LogP contribution in [-0.4, -0.2) is 13.1 Å². The van der Waals surface area contributed by atoms with Crippen LogP contribution in [0.25, 0.3) is 11.1 Å². The van der Waals surface area contributed by atoms with Gasteiger partial charge in [0.2, 0.25) is 0 Å². The molecule has 0 amide bonds. The van der Waals surface area contributed by atoms with Gasteiger partial charge in [0.05, 0.1) is 0 Å². The first-order valence-electron chi connectivity index (χ1n) is 5.89. The summed E-state index contributed by atoms with van der Waals surface area (Å²) in [5.41, 5.74) is 3.58. The van der Waals surface area contributed by atoms with Crippen LogP contribution in [0.3, 0.4) is 0 Å². The summed E-state index contributed by atoms with van der Waals surface area (Å²) < 4.78 is 12.8. The van der Waals surface area contributed by atoms with E-state index in [4.69, 9.17) is 0 Å². The zero-order valence-corrected chi connectivity index (χ0v) is 9.49. The molecule has 1 fully saturated rings. The predicted octanol–water partition coefficient (Wildman–Crippen LogP) is 3.18. The molecule has 2 aromatic carbocycles. The highest BCUT2D eigenvalue weighted by molar-refractivity contribution is 5.63. The number of rotatable bonds is 2. The van der Waals surface area contributed by atoms with Crippen LogP contribution in [0.15, 0.2) is 48.5 Å². The van der Waals surface area contributed by atoms with E-state index in [0.29, 0.717) is 5.92 Å². The van der Waals surface area contributed by atoms with Gasteiger partial charge in [0, 0.05) is 19.0 Å². The Bertz CT molecular complexity index is 497. The smallest absolute Gasteiger partial charge is 0.123 e. The fourth-order valence-electron chi connectivity index (χ4n) is 2.11. The lowest BCUT2D eigenvalue weighted by Gasteiger charge is -2.27. The number of halogens is 1. The lowest BCUT2D eigenvalue weighted by Crippen LogP contribution is -2.39. The average molecular weight is 227 g/mol. The van der Waals surface area contributed by atoms with E-state index in [1.54, 1.807) is 0 Å². The number of benzene rings is 2. The summed E-state index contributed by atoms with van der Waals surface area (Å²) in [5.74, 6) is 0.475. The van der Waals surface area contributed by atoms with Crippen molar-refractivity contribution in [2.24, 2.45) is 0 Å². The Morgan fingerprint density at radius 3 is 1.82 bits per heavy atom. The summed E-state index contributed by atoms with van der Waals surface area (Å²) in [7, 11) is 0. The van der Waals surface area contributed by atoms with Gasteiger partial charge in [-0.2, -0.15) is 0 Å². The summed E-state index contributed by atoms with van der Waals surface area (Å²) >= 11 is 0. The Kier molecular flexibility index (Phi) is 2.65. The lowest BCUT2D eigenvalue weighted by molar-refractivity contribution is 0.448. The maximum Gasteiger partial charge on any atom is 0.123 e. The molecule has 1 N–H and O–H groups in total. The topological polar surface area (TPSA) is 12.0 Å². The van der Waals surface area contributed by atoms with E-state index >= 15 is 0 Å². The van der Waals surface area contributed by atoms with E-state index in [1.807, 2.05) is 12.1 Å². The van der Waals surface area contributed by atoms with Gasteiger partial charge < -0.3 is 5.32 Å². The van der Waals surface area contributed by atoms with Gasteiger partial charge in [-0.15, -0.1) is 0 Å². The fourth-order valence-corrected chi connectivity index (χ4v) is 2.11. The molecular weight excluding hydrogens is 213 g/mol. The molecule has 1 nitrogen and oxygen atoms in total. The van der Waals surface area contributed by atoms with E-state index in [9.17, 15) is 4.39 Å². The van der Waals surface area contributed by atoms with Crippen molar-refractivity contribution in [2.45, 2.75) is 5.92 Å². The van der Waals surface area contributed by atoms with E-state index < -0.39 is 0 Å². The van der Waals surface area contributed by atoms with Gasteiger partial charge in [0.25, 0.3) is 0 Å². The molecule has 2 aromatic rings. The van der Waals surface area contributed by atoms with Gasteiger partial charge in [0.15, 0.2) is 0 Å². The zero-order valence-electron chi connectivity index (χ0n) is 9.49. The number of hydrogen-bond acceptors (Lipinski definition) is 1. The van der Waals surface area contributed by atoms with Crippen LogP contribution in [0, 0.1) is 5.82 Å². The summed E-state index contributed by atoms with van der Waals surface area (Å²) in [5, 5.41) is 3.27. The van der Waals surface area contributed by atoms with Gasteiger partial charge in [-0.05, 0) is 28.8 Å².